The Morgan fingerprint density at radius 2 is 2.03 bits per heavy atom. The van der Waals surface area contributed by atoms with E-state index in [-0.39, 0.29) is 18.9 Å². The monoisotopic (exact) mass is 525 g/mol. The predicted molar refractivity (Wildman–Crippen MR) is 144 cm³/mol. The van der Waals surface area contributed by atoms with Gasteiger partial charge in [0, 0.05) is 45.1 Å². The van der Waals surface area contributed by atoms with Crippen LogP contribution in [0, 0.1) is 0 Å². The summed E-state index contributed by atoms with van der Waals surface area (Å²) in [5, 5.41) is 15.9. The molecule has 1 amide bonds. The first-order valence-corrected chi connectivity index (χ1v) is 13.6. The number of pyridine rings is 1. The molecule has 0 aliphatic carbocycles. The zero-order valence-electron chi connectivity index (χ0n) is 22.2. The van der Waals surface area contributed by atoms with Crippen molar-refractivity contribution in [1.29, 1.82) is 0 Å². The number of hydrogen-bond acceptors (Lipinski definition) is 7. The summed E-state index contributed by atoms with van der Waals surface area (Å²) in [4.78, 5) is 30.2. The number of unbranched alkanes of at least 4 members (excludes halogenated alkanes) is 1. The highest BCUT2D eigenvalue weighted by molar-refractivity contribution is 5.91. The molecule has 2 aliphatic heterocycles. The van der Waals surface area contributed by atoms with Gasteiger partial charge in [-0.25, -0.2) is 9.78 Å². The van der Waals surface area contributed by atoms with Gasteiger partial charge < -0.3 is 30.0 Å². The molecule has 3 N–H and O–H groups in total. The maximum atomic E-state index is 13.5. The first-order valence-electron chi connectivity index (χ1n) is 13.6. The van der Waals surface area contributed by atoms with Crippen molar-refractivity contribution in [2.24, 2.45) is 0 Å². The van der Waals surface area contributed by atoms with Crippen LogP contribution in [0.2, 0.25) is 0 Å². The van der Waals surface area contributed by atoms with Crippen molar-refractivity contribution in [2.75, 3.05) is 45.4 Å². The fraction of sp³-hybridized carbons (Fsp3) is 0.552. The second kappa shape index (κ2) is 13.6. The Morgan fingerprint density at radius 1 is 1.18 bits per heavy atom. The molecule has 9 heteroatoms. The summed E-state index contributed by atoms with van der Waals surface area (Å²) in [6.45, 7) is 2.64. The van der Waals surface area contributed by atoms with Gasteiger partial charge in [-0.05, 0) is 74.3 Å². The van der Waals surface area contributed by atoms with Gasteiger partial charge in [0.1, 0.15) is 17.6 Å². The molecule has 0 bridgehead atoms. The zero-order chi connectivity index (χ0) is 26.8. The Kier molecular flexibility index (Phi) is 9.95. The van der Waals surface area contributed by atoms with E-state index >= 15 is 0 Å². The summed E-state index contributed by atoms with van der Waals surface area (Å²) >= 11 is 0. The lowest BCUT2D eigenvalue weighted by molar-refractivity contribution is -0.144. The molecule has 206 valence electrons. The van der Waals surface area contributed by atoms with Crippen molar-refractivity contribution in [3.63, 3.8) is 0 Å². The number of aryl methyl sites for hydroxylation is 2. The fourth-order valence-corrected chi connectivity index (χ4v) is 5.16. The molecule has 2 aromatic rings. The highest BCUT2D eigenvalue weighted by Crippen LogP contribution is 2.37. The Balaban J connectivity index is 1.23. The van der Waals surface area contributed by atoms with Crippen LogP contribution >= 0.6 is 0 Å². The standard InChI is InChI=1S/C29H39N3O6/c1-36-24-9-4-7-22(20-24)29(13-18-38-19-14-29)28(35)32-25(27(33)34)12-17-37-16-3-2-8-23-11-10-21-6-5-15-30-26(21)31-23/h4,7,9-11,20,25H,2-3,5-6,8,12-19H2,1H3,(H,30,31)(H,32,35)(H,33,34)/t25-/m0/s1. The van der Waals surface area contributed by atoms with Gasteiger partial charge in [-0.2, -0.15) is 0 Å². The lowest BCUT2D eigenvalue weighted by Gasteiger charge is -2.37. The van der Waals surface area contributed by atoms with E-state index in [9.17, 15) is 14.7 Å². The smallest absolute Gasteiger partial charge is 0.326 e. The highest BCUT2D eigenvalue weighted by Gasteiger charge is 2.43. The number of nitrogens with zero attached hydrogens (tertiary/aromatic N) is 1. The van der Waals surface area contributed by atoms with E-state index in [4.69, 9.17) is 19.2 Å². The number of benzene rings is 1. The lowest BCUT2D eigenvalue weighted by Crippen LogP contribution is -2.53. The van der Waals surface area contributed by atoms with Crippen LogP contribution in [0.4, 0.5) is 5.82 Å². The number of carboxylic acid groups (broad SMARTS) is 1. The van der Waals surface area contributed by atoms with Gasteiger partial charge in [-0.3, -0.25) is 4.79 Å². The lowest BCUT2D eigenvalue weighted by atomic mass is 9.73. The number of amides is 1. The summed E-state index contributed by atoms with van der Waals surface area (Å²) in [7, 11) is 1.58. The topological polar surface area (TPSA) is 119 Å². The molecular formula is C29H39N3O6. The summed E-state index contributed by atoms with van der Waals surface area (Å²) in [6.07, 6.45) is 6.05. The van der Waals surface area contributed by atoms with Crippen LogP contribution in [0.25, 0.3) is 0 Å². The number of carbonyl (C=O) groups excluding carboxylic acids is 1. The SMILES string of the molecule is COc1cccc(C2(C(=O)N[C@@H](CCOCCCCc3ccc4c(n3)NCCC4)C(=O)O)CCOCC2)c1. The number of rotatable bonds is 13. The number of aromatic nitrogens is 1. The number of carboxylic acids is 1. The molecule has 1 aromatic carbocycles. The highest BCUT2D eigenvalue weighted by atomic mass is 16.5. The number of carbonyl (C=O) groups is 2. The number of hydrogen-bond donors (Lipinski definition) is 3. The minimum absolute atomic E-state index is 0.198. The number of aliphatic carboxylic acids is 1. The van der Waals surface area contributed by atoms with Crippen molar-refractivity contribution >= 4 is 17.7 Å². The third-order valence-electron chi connectivity index (χ3n) is 7.48. The van der Waals surface area contributed by atoms with Crippen LogP contribution in [-0.4, -0.2) is 68.1 Å². The second-order valence-electron chi connectivity index (χ2n) is 9.99. The molecule has 0 radical (unpaired) electrons. The van der Waals surface area contributed by atoms with Crippen LogP contribution in [0.3, 0.4) is 0 Å². The van der Waals surface area contributed by atoms with Crippen molar-refractivity contribution in [3.05, 3.63) is 53.2 Å². The van der Waals surface area contributed by atoms with Crippen molar-refractivity contribution < 1.29 is 28.9 Å². The van der Waals surface area contributed by atoms with E-state index in [1.807, 2.05) is 24.3 Å². The minimum Gasteiger partial charge on any atom is -0.497 e. The van der Waals surface area contributed by atoms with E-state index in [1.165, 1.54) is 5.56 Å². The largest absolute Gasteiger partial charge is 0.497 e. The van der Waals surface area contributed by atoms with Gasteiger partial charge in [0.25, 0.3) is 0 Å². The molecule has 2 aliphatic rings. The van der Waals surface area contributed by atoms with Crippen LogP contribution < -0.4 is 15.4 Å². The van der Waals surface area contributed by atoms with Crippen molar-refractivity contribution in [2.45, 2.75) is 62.8 Å². The number of methoxy groups -OCH3 is 1. The van der Waals surface area contributed by atoms with Crippen LogP contribution in [0.5, 0.6) is 5.75 Å². The first-order chi connectivity index (χ1) is 18.5. The normalized spacial score (nSPS) is 17.1. The van der Waals surface area contributed by atoms with Gasteiger partial charge in [0.05, 0.1) is 12.5 Å². The Hall–Kier alpha value is -3.17. The number of anilines is 1. The molecule has 4 rings (SSSR count). The number of fused-ring (bicyclic) bond motifs is 1. The second-order valence-corrected chi connectivity index (χ2v) is 9.99. The molecule has 0 spiro atoms. The van der Waals surface area contributed by atoms with E-state index in [1.54, 1.807) is 7.11 Å². The molecule has 0 saturated carbocycles. The van der Waals surface area contributed by atoms with Gasteiger partial charge >= 0.3 is 5.97 Å². The van der Waals surface area contributed by atoms with Crippen molar-refractivity contribution in [3.8, 4) is 5.75 Å². The summed E-state index contributed by atoms with van der Waals surface area (Å²) in [6, 6.07) is 10.7. The Labute approximate surface area is 224 Å². The van der Waals surface area contributed by atoms with Crippen molar-refractivity contribution in [1.82, 2.24) is 10.3 Å². The molecular weight excluding hydrogens is 486 g/mol. The minimum atomic E-state index is -1.07. The van der Waals surface area contributed by atoms with Gasteiger partial charge in [0.2, 0.25) is 5.91 Å². The van der Waals surface area contributed by atoms with Crippen LogP contribution in [0.1, 0.15) is 55.3 Å². The van der Waals surface area contributed by atoms with E-state index in [0.717, 1.165) is 55.7 Å². The maximum absolute atomic E-state index is 13.5. The number of ether oxygens (including phenoxy) is 3. The molecule has 1 aromatic heterocycles. The third kappa shape index (κ3) is 7.02. The summed E-state index contributed by atoms with van der Waals surface area (Å²) < 4.78 is 16.6. The molecule has 1 atom stereocenters. The third-order valence-corrected chi connectivity index (χ3v) is 7.48. The Bertz CT molecular complexity index is 1090. The molecule has 9 nitrogen and oxygen atoms in total. The molecule has 3 heterocycles. The van der Waals surface area contributed by atoms with Gasteiger partial charge in [-0.1, -0.05) is 18.2 Å². The number of nitrogens with one attached hydrogen (secondary N) is 2. The van der Waals surface area contributed by atoms with Gasteiger partial charge in [-0.15, -0.1) is 0 Å². The average Bonchev–Trinajstić information content (AvgIpc) is 2.96. The first kappa shape index (κ1) is 27.9. The maximum Gasteiger partial charge on any atom is 0.326 e. The Morgan fingerprint density at radius 3 is 2.82 bits per heavy atom. The summed E-state index contributed by atoms with van der Waals surface area (Å²) in [5.74, 6) is 0.305. The van der Waals surface area contributed by atoms with Crippen LogP contribution in [0.15, 0.2) is 36.4 Å². The van der Waals surface area contributed by atoms with Gasteiger partial charge in [0.15, 0.2) is 0 Å². The molecule has 1 saturated heterocycles. The van der Waals surface area contributed by atoms with E-state index in [0.29, 0.717) is 38.4 Å². The zero-order valence-corrected chi connectivity index (χ0v) is 22.2. The fourth-order valence-electron chi connectivity index (χ4n) is 5.16. The predicted octanol–water partition coefficient (Wildman–Crippen LogP) is 3.50. The quantitative estimate of drug-likeness (QED) is 0.340. The van der Waals surface area contributed by atoms with Crippen LogP contribution in [-0.2, 0) is 37.3 Å². The average molecular weight is 526 g/mol. The van der Waals surface area contributed by atoms with E-state index < -0.39 is 17.4 Å². The molecule has 0 unspecified atom stereocenters. The molecule has 1 fully saturated rings. The van der Waals surface area contributed by atoms with E-state index in [2.05, 4.69) is 22.8 Å². The summed E-state index contributed by atoms with van der Waals surface area (Å²) in [5.41, 5.74) is 2.31. The molecule has 38 heavy (non-hydrogen) atoms.